The molecule has 4 rings (SSSR count). The van der Waals surface area contributed by atoms with Gasteiger partial charge in [0.25, 0.3) is 5.91 Å². The van der Waals surface area contributed by atoms with Crippen LogP contribution >= 0.6 is 11.6 Å². The number of carbonyl (C=O) groups excluding carboxylic acids is 1. The van der Waals surface area contributed by atoms with Crippen molar-refractivity contribution in [1.82, 2.24) is 10.4 Å². The Labute approximate surface area is 180 Å². The minimum atomic E-state index is -0.267. The summed E-state index contributed by atoms with van der Waals surface area (Å²) in [5, 5.41) is 5.73. The first kappa shape index (κ1) is 19.8. The van der Waals surface area contributed by atoms with Crippen molar-refractivity contribution < 1.29 is 4.79 Å². The van der Waals surface area contributed by atoms with Gasteiger partial charge < -0.3 is 0 Å². The van der Waals surface area contributed by atoms with Crippen molar-refractivity contribution in [2.45, 2.75) is 13.3 Å². The van der Waals surface area contributed by atoms with Crippen LogP contribution in [0.2, 0.25) is 5.02 Å². The average Bonchev–Trinajstić information content (AvgIpc) is 2.78. The van der Waals surface area contributed by atoms with E-state index in [1.807, 2.05) is 85.8 Å². The first-order chi connectivity index (χ1) is 14.6. The molecule has 1 N–H and O–H groups in total. The summed E-state index contributed by atoms with van der Waals surface area (Å²) in [4.78, 5) is 17.7. The summed E-state index contributed by atoms with van der Waals surface area (Å²) >= 11 is 6.01. The maximum absolute atomic E-state index is 13.0. The normalized spacial score (nSPS) is 11.5. The fourth-order valence-electron chi connectivity index (χ4n) is 3.27. The van der Waals surface area contributed by atoms with E-state index in [4.69, 9.17) is 16.6 Å². The van der Waals surface area contributed by atoms with Gasteiger partial charge in [0.1, 0.15) is 0 Å². The van der Waals surface area contributed by atoms with Crippen molar-refractivity contribution in [3.8, 4) is 11.3 Å². The van der Waals surface area contributed by atoms with Gasteiger partial charge in [-0.05, 0) is 36.8 Å². The number of halogens is 1. The van der Waals surface area contributed by atoms with E-state index >= 15 is 0 Å². The molecular weight excluding hydrogens is 394 g/mol. The van der Waals surface area contributed by atoms with Crippen LogP contribution in [0.5, 0.6) is 0 Å². The first-order valence-corrected chi connectivity index (χ1v) is 10.0. The fourth-order valence-corrected chi connectivity index (χ4v) is 3.40. The molecule has 0 spiro atoms. The Bertz CT molecular complexity index is 1220. The van der Waals surface area contributed by atoms with Crippen LogP contribution in [0.1, 0.15) is 22.8 Å². The largest absolute Gasteiger partial charge is 0.272 e. The molecule has 0 aliphatic rings. The molecule has 4 aromatic rings. The highest BCUT2D eigenvalue weighted by Gasteiger charge is 2.14. The molecule has 1 amide bonds. The van der Waals surface area contributed by atoms with Crippen molar-refractivity contribution >= 4 is 34.1 Å². The van der Waals surface area contributed by atoms with Crippen LogP contribution < -0.4 is 5.43 Å². The average molecular weight is 414 g/mol. The van der Waals surface area contributed by atoms with Gasteiger partial charge in [0.05, 0.1) is 16.8 Å². The summed E-state index contributed by atoms with van der Waals surface area (Å²) < 4.78 is 0. The van der Waals surface area contributed by atoms with E-state index in [9.17, 15) is 4.79 Å². The second kappa shape index (κ2) is 8.89. The number of hydrazone groups is 1. The summed E-state index contributed by atoms with van der Waals surface area (Å²) in [6, 6.07) is 26.8. The van der Waals surface area contributed by atoms with Crippen LogP contribution in [-0.2, 0) is 6.42 Å². The van der Waals surface area contributed by atoms with Gasteiger partial charge in [-0.15, -0.1) is 0 Å². The van der Waals surface area contributed by atoms with Crippen LogP contribution in [-0.4, -0.2) is 16.6 Å². The smallest absolute Gasteiger partial charge is 0.267 e. The molecule has 0 bridgehead atoms. The first-order valence-electron chi connectivity index (χ1n) is 9.63. The Morgan fingerprint density at radius 2 is 1.67 bits per heavy atom. The summed E-state index contributed by atoms with van der Waals surface area (Å²) in [7, 11) is 0. The Hall–Kier alpha value is -3.50. The molecule has 30 heavy (non-hydrogen) atoms. The molecule has 0 aliphatic carbocycles. The van der Waals surface area contributed by atoms with Crippen LogP contribution in [0, 0.1) is 0 Å². The lowest BCUT2D eigenvalue weighted by atomic mass is 10.0. The summed E-state index contributed by atoms with van der Waals surface area (Å²) in [5.41, 5.74) is 7.55. The second-order valence-corrected chi connectivity index (χ2v) is 7.47. The Morgan fingerprint density at radius 1 is 0.967 bits per heavy atom. The van der Waals surface area contributed by atoms with Gasteiger partial charge in [-0.3, -0.25) is 4.79 Å². The topological polar surface area (TPSA) is 54.4 Å². The van der Waals surface area contributed by atoms with E-state index < -0.39 is 0 Å². The zero-order valence-corrected chi connectivity index (χ0v) is 17.2. The Balaban J connectivity index is 1.64. The Kier molecular flexibility index (Phi) is 5.87. The number of nitrogens with zero attached hydrogens (tertiary/aromatic N) is 2. The molecule has 0 atom stereocenters. The quantitative estimate of drug-likeness (QED) is 0.327. The van der Waals surface area contributed by atoms with Crippen molar-refractivity contribution in [2.24, 2.45) is 5.10 Å². The molecule has 0 radical (unpaired) electrons. The fraction of sp³-hybridized carbons (Fsp3) is 0.0800. The minimum absolute atomic E-state index is 0.267. The van der Waals surface area contributed by atoms with Gasteiger partial charge in [-0.25, -0.2) is 10.4 Å². The number of hydrogen-bond acceptors (Lipinski definition) is 3. The third-order valence-electron chi connectivity index (χ3n) is 4.75. The molecule has 0 saturated heterocycles. The van der Waals surface area contributed by atoms with Gasteiger partial charge in [-0.2, -0.15) is 5.10 Å². The predicted octanol–water partition coefficient (Wildman–Crippen LogP) is 5.90. The number of aromatic nitrogens is 1. The molecule has 0 aliphatic heterocycles. The number of amides is 1. The molecule has 0 saturated carbocycles. The van der Waals surface area contributed by atoms with Crippen LogP contribution in [0.25, 0.3) is 22.2 Å². The molecule has 148 valence electrons. The van der Waals surface area contributed by atoms with Crippen LogP contribution in [0.3, 0.4) is 0 Å². The Morgan fingerprint density at radius 3 is 2.43 bits per heavy atom. The van der Waals surface area contributed by atoms with E-state index in [1.54, 1.807) is 6.07 Å². The highest BCUT2D eigenvalue weighted by Crippen LogP contribution is 2.26. The number of para-hydroxylation sites is 1. The van der Waals surface area contributed by atoms with E-state index in [0.717, 1.165) is 27.7 Å². The number of rotatable bonds is 5. The lowest BCUT2D eigenvalue weighted by Gasteiger charge is -2.09. The van der Waals surface area contributed by atoms with Crippen LogP contribution in [0.15, 0.2) is 90.0 Å². The number of benzene rings is 3. The number of nitrogens with one attached hydrogen (secondary N) is 1. The predicted molar refractivity (Wildman–Crippen MR) is 123 cm³/mol. The van der Waals surface area contributed by atoms with E-state index in [0.29, 0.717) is 22.7 Å². The van der Waals surface area contributed by atoms with E-state index in [-0.39, 0.29) is 5.91 Å². The number of pyridine rings is 1. The summed E-state index contributed by atoms with van der Waals surface area (Å²) in [6.07, 6.45) is 0.675. The summed E-state index contributed by atoms with van der Waals surface area (Å²) in [5.74, 6) is -0.267. The second-order valence-electron chi connectivity index (χ2n) is 7.03. The zero-order valence-electron chi connectivity index (χ0n) is 16.5. The highest BCUT2D eigenvalue weighted by molar-refractivity contribution is 6.30. The van der Waals surface area contributed by atoms with Crippen molar-refractivity contribution in [2.75, 3.05) is 0 Å². The molecule has 0 fully saturated rings. The molecule has 4 nitrogen and oxygen atoms in total. The minimum Gasteiger partial charge on any atom is -0.267 e. The lowest BCUT2D eigenvalue weighted by molar-refractivity contribution is 0.0956. The molecule has 0 unspecified atom stereocenters. The highest BCUT2D eigenvalue weighted by atomic mass is 35.5. The number of carbonyl (C=O) groups is 1. The lowest BCUT2D eigenvalue weighted by Crippen LogP contribution is -2.20. The SMILES string of the molecule is C/C(Cc1ccccc1)=N/NC(=O)c1cc(-c2ccc(Cl)cc2)nc2ccccc12. The van der Waals surface area contributed by atoms with Gasteiger partial charge >= 0.3 is 0 Å². The standard InChI is InChI=1S/C25H20ClN3O/c1-17(15-18-7-3-2-4-8-18)28-29-25(30)22-16-24(19-11-13-20(26)14-12-19)27-23-10-6-5-9-21(22)23/h2-14,16H,15H2,1H3,(H,29,30)/b28-17-. The van der Waals surface area contributed by atoms with Crippen molar-refractivity contribution in [1.29, 1.82) is 0 Å². The summed E-state index contributed by atoms with van der Waals surface area (Å²) in [6.45, 7) is 1.90. The van der Waals surface area contributed by atoms with Gasteiger partial charge in [0.15, 0.2) is 0 Å². The maximum Gasteiger partial charge on any atom is 0.272 e. The molecule has 1 heterocycles. The number of hydrogen-bond donors (Lipinski definition) is 1. The third kappa shape index (κ3) is 4.56. The molecule has 5 heteroatoms. The maximum atomic E-state index is 13.0. The zero-order chi connectivity index (χ0) is 20.9. The van der Waals surface area contributed by atoms with E-state index in [1.165, 1.54) is 0 Å². The van der Waals surface area contributed by atoms with Gasteiger partial charge in [0.2, 0.25) is 0 Å². The van der Waals surface area contributed by atoms with Gasteiger partial charge in [-0.1, -0.05) is 72.3 Å². The monoisotopic (exact) mass is 413 g/mol. The van der Waals surface area contributed by atoms with Crippen molar-refractivity contribution in [3.63, 3.8) is 0 Å². The van der Waals surface area contributed by atoms with E-state index in [2.05, 4.69) is 10.5 Å². The van der Waals surface area contributed by atoms with Gasteiger partial charge in [0, 0.05) is 28.1 Å². The molecular formula is C25H20ClN3O. The third-order valence-corrected chi connectivity index (χ3v) is 5.00. The van der Waals surface area contributed by atoms with Crippen LogP contribution in [0.4, 0.5) is 0 Å². The number of fused-ring (bicyclic) bond motifs is 1. The van der Waals surface area contributed by atoms with Crippen molar-refractivity contribution in [3.05, 3.63) is 101 Å². The molecule has 1 aromatic heterocycles. The molecule has 3 aromatic carbocycles.